The Morgan fingerprint density at radius 1 is 1.22 bits per heavy atom. The molecule has 0 unspecified atom stereocenters. The Balaban J connectivity index is 2.11. The molecule has 0 radical (unpaired) electrons. The quantitative estimate of drug-likeness (QED) is 0.685. The van der Waals surface area contributed by atoms with Crippen molar-refractivity contribution in [2.75, 3.05) is 5.32 Å². The summed E-state index contributed by atoms with van der Waals surface area (Å²) in [4.78, 5) is 21.9. The molecule has 0 aliphatic carbocycles. The summed E-state index contributed by atoms with van der Waals surface area (Å²) in [6, 6.07) is 7.90. The maximum absolute atomic E-state index is 12.7. The van der Waals surface area contributed by atoms with Gasteiger partial charge in [0.25, 0.3) is 5.91 Å². The van der Waals surface area contributed by atoms with Gasteiger partial charge in [0.2, 0.25) is 0 Å². The number of hydrogen-bond donors (Lipinski definition) is 1. The highest BCUT2D eigenvalue weighted by Crippen LogP contribution is 2.24. The van der Waals surface area contributed by atoms with Crippen molar-refractivity contribution in [3.05, 3.63) is 57.2 Å². The summed E-state index contributed by atoms with van der Waals surface area (Å²) in [5.41, 5.74) is 0.428. The molecule has 1 amide bonds. The van der Waals surface area contributed by atoms with Gasteiger partial charge in [-0.05, 0) is 30.3 Å². The highest BCUT2D eigenvalue weighted by Gasteiger charge is 2.15. The average Bonchev–Trinajstić information content (AvgIpc) is 2.81. The molecule has 0 saturated heterocycles. The molecular weight excluding hydrogens is 259 g/mol. The van der Waals surface area contributed by atoms with Crippen LogP contribution < -0.4 is 5.32 Å². The number of carbonyl (C=O) groups is 1. The third-order valence-corrected chi connectivity index (χ3v) is 3.13. The molecule has 0 atom stereocenters. The van der Waals surface area contributed by atoms with E-state index in [0.717, 1.165) is 11.3 Å². The molecule has 2 aromatic rings. The van der Waals surface area contributed by atoms with Crippen LogP contribution in [0.2, 0.25) is 0 Å². The average molecular weight is 266 g/mol. The van der Waals surface area contributed by atoms with Gasteiger partial charge in [0, 0.05) is 11.8 Å². The minimum atomic E-state index is -0.556. The number of rotatable bonds is 3. The molecule has 18 heavy (non-hydrogen) atoms. The predicted octanol–water partition coefficient (Wildman–Crippen LogP) is 3.05. The predicted molar refractivity (Wildman–Crippen MR) is 65.3 cm³/mol. The Hall–Kier alpha value is -2.28. The molecule has 0 aliphatic heterocycles. The number of nitrogens with zero attached hydrogens (tertiary/aromatic N) is 1. The fraction of sp³-hybridized carbons (Fsp3) is 0. The lowest BCUT2D eigenvalue weighted by Gasteiger charge is -2.02. The Labute approximate surface area is 105 Å². The molecular formula is C11H7FN2O3S. The van der Waals surface area contributed by atoms with E-state index >= 15 is 0 Å². The van der Waals surface area contributed by atoms with Crippen molar-refractivity contribution in [3.63, 3.8) is 0 Å². The van der Waals surface area contributed by atoms with Crippen LogP contribution in [-0.2, 0) is 0 Å². The molecule has 0 aliphatic rings. The van der Waals surface area contributed by atoms with Gasteiger partial charge >= 0.3 is 5.00 Å². The van der Waals surface area contributed by atoms with E-state index in [1.807, 2.05) is 0 Å². The molecule has 1 aromatic heterocycles. The number of benzene rings is 1. The molecule has 0 saturated carbocycles. The van der Waals surface area contributed by atoms with Gasteiger partial charge in [-0.25, -0.2) is 4.39 Å². The summed E-state index contributed by atoms with van der Waals surface area (Å²) >= 11 is 0.786. The van der Waals surface area contributed by atoms with Gasteiger partial charge in [-0.15, -0.1) is 0 Å². The zero-order valence-electron chi connectivity index (χ0n) is 8.92. The molecule has 7 heteroatoms. The van der Waals surface area contributed by atoms with E-state index in [2.05, 4.69) is 5.32 Å². The monoisotopic (exact) mass is 266 g/mol. The number of amides is 1. The van der Waals surface area contributed by atoms with Crippen LogP contribution in [-0.4, -0.2) is 10.8 Å². The topological polar surface area (TPSA) is 72.2 Å². The molecule has 1 N–H and O–H groups in total. The summed E-state index contributed by atoms with van der Waals surface area (Å²) < 4.78 is 12.7. The summed E-state index contributed by atoms with van der Waals surface area (Å²) in [7, 11) is 0. The lowest BCUT2D eigenvalue weighted by Crippen LogP contribution is -2.09. The third-order valence-electron chi connectivity index (χ3n) is 2.10. The SMILES string of the molecule is O=C(Nc1ccc(F)cc1)c1ccc([N+](=O)[O-])s1. The van der Waals surface area contributed by atoms with Crippen molar-refractivity contribution in [1.82, 2.24) is 0 Å². The number of halogens is 1. The number of nitrogens with one attached hydrogen (secondary N) is 1. The van der Waals surface area contributed by atoms with Crippen molar-refractivity contribution < 1.29 is 14.1 Å². The molecule has 0 fully saturated rings. The first-order valence-corrected chi connectivity index (χ1v) is 5.69. The minimum absolute atomic E-state index is 0.0979. The van der Waals surface area contributed by atoms with Crippen LogP contribution in [0.25, 0.3) is 0 Å². The second kappa shape index (κ2) is 4.92. The zero-order chi connectivity index (χ0) is 13.1. The van der Waals surface area contributed by atoms with Gasteiger partial charge in [-0.3, -0.25) is 14.9 Å². The van der Waals surface area contributed by atoms with Gasteiger partial charge < -0.3 is 5.32 Å². The lowest BCUT2D eigenvalue weighted by molar-refractivity contribution is -0.380. The first-order chi connectivity index (χ1) is 8.56. The summed E-state index contributed by atoms with van der Waals surface area (Å²) in [5.74, 6) is -0.862. The van der Waals surface area contributed by atoms with E-state index in [1.54, 1.807) is 0 Å². The van der Waals surface area contributed by atoms with Crippen LogP contribution in [0.3, 0.4) is 0 Å². The lowest BCUT2D eigenvalue weighted by atomic mass is 10.3. The number of carbonyl (C=O) groups excluding carboxylic acids is 1. The van der Waals surface area contributed by atoms with E-state index in [-0.39, 0.29) is 9.88 Å². The number of thiophene rings is 1. The largest absolute Gasteiger partial charge is 0.324 e. The first kappa shape index (κ1) is 12.2. The van der Waals surface area contributed by atoms with Gasteiger partial charge in [0.15, 0.2) is 0 Å². The van der Waals surface area contributed by atoms with E-state index in [1.165, 1.54) is 36.4 Å². The standard InChI is InChI=1S/C11H7FN2O3S/c12-7-1-3-8(4-2-7)13-11(15)9-5-6-10(18-9)14(16)17/h1-6H,(H,13,15). The van der Waals surface area contributed by atoms with Crippen LogP contribution in [0.5, 0.6) is 0 Å². The number of hydrogen-bond acceptors (Lipinski definition) is 4. The van der Waals surface area contributed by atoms with Crippen LogP contribution in [0.1, 0.15) is 9.67 Å². The number of anilines is 1. The van der Waals surface area contributed by atoms with Crippen molar-refractivity contribution >= 4 is 27.9 Å². The van der Waals surface area contributed by atoms with E-state index in [0.29, 0.717) is 5.69 Å². The molecule has 1 aromatic carbocycles. The van der Waals surface area contributed by atoms with Crippen molar-refractivity contribution in [3.8, 4) is 0 Å². The van der Waals surface area contributed by atoms with Crippen LogP contribution >= 0.6 is 11.3 Å². The highest BCUT2D eigenvalue weighted by atomic mass is 32.1. The van der Waals surface area contributed by atoms with Gasteiger partial charge in [0.1, 0.15) is 5.82 Å². The second-order valence-corrected chi connectivity index (χ2v) is 4.42. The van der Waals surface area contributed by atoms with Gasteiger partial charge in [-0.1, -0.05) is 11.3 Å². The second-order valence-electron chi connectivity index (χ2n) is 3.36. The summed E-state index contributed by atoms with van der Waals surface area (Å²) in [6.07, 6.45) is 0. The van der Waals surface area contributed by atoms with Crippen LogP contribution in [0, 0.1) is 15.9 Å². The highest BCUT2D eigenvalue weighted by molar-refractivity contribution is 7.17. The van der Waals surface area contributed by atoms with E-state index in [4.69, 9.17) is 0 Å². The molecule has 2 rings (SSSR count). The maximum atomic E-state index is 12.7. The smallest absolute Gasteiger partial charge is 0.321 e. The third kappa shape index (κ3) is 2.69. The fourth-order valence-electron chi connectivity index (χ4n) is 1.27. The fourth-order valence-corrected chi connectivity index (χ4v) is 1.99. The molecule has 92 valence electrons. The van der Waals surface area contributed by atoms with Crippen molar-refractivity contribution in [2.24, 2.45) is 0 Å². The normalized spacial score (nSPS) is 10.1. The van der Waals surface area contributed by atoms with Gasteiger partial charge in [-0.2, -0.15) is 0 Å². The van der Waals surface area contributed by atoms with E-state index < -0.39 is 16.6 Å². The van der Waals surface area contributed by atoms with Crippen LogP contribution in [0.15, 0.2) is 36.4 Å². The Morgan fingerprint density at radius 2 is 1.89 bits per heavy atom. The Kier molecular flexibility index (Phi) is 3.33. The molecule has 0 spiro atoms. The maximum Gasteiger partial charge on any atom is 0.324 e. The summed E-state index contributed by atoms with van der Waals surface area (Å²) in [6.45, 7) is 0. The Bertz CT molecular complexity index is 595. The molecule has 0 bridgehead atoms. The van der Waals surface area contributed by atoms with Crippen molar-refractivity contribution in [2.45, 2.75) is 0 Å². The van der Waals surface area contributed by atoms with Crippen molar-refractivity contribution in [1.29, 1.82) is 0 Å². The molecule has 1 heterocycles. The Morgan fingerprint density at radius 3 is 2.44 bits per heavy atom. The minimum Gasteiger partial charge on any atom is -0.321 e. The van der Waals surface area contributed by atoms with Gasteiger partial charge in [0.05, 0.1) is 9.80 Å². The zero-order valence-corrected chi connectivity index (χ0v) is 9.74. The molecule has 5 nitrogen and oxygen atoms in total. The van der Waals surface area contributed by atoms with Crippen LogP contribution in [0.4, 0.5) is 15.1 Å². The van der Waals surface area contributed by atoms with E-state index in [9.17, 15) is 19.3 Å². The first-order valence-electron chi connectivity index (χ1n) is 4.87. The number of nitro groups is 1. The summed E-state index contributed by atoms with van der Waals surface area (Å²) in [5, 5.41) is 12.9.